The quantitative estimate of drug-likeness (QED) is 0.224. The van der Waals surface area contributed by atoms with Crippen molar-refractivity contribution >= 4 is 6.21 Å². The number of hydrogen-bond acceptors (Lipinski definition) is 2. The highest BCUT2D eigenvalue weighted by atomic mass is 16.4. The molecule has 1 N–H and O–H groups in total. The molecule has 0 saturated carbocycles. The molecule has 3 nitrogen and oxygen atoms in total. The predicted octanol–water partition coefficient (Wildman–Crippen LogP) is 3.92. The van der Waals surface area contributed by atoms with E-state index in [1.807, 2.05) is 24.4 Å². The average molecular weight is 263 g/mol. The molecule has 0 aliphatic rings. The van der Waals surface area contributed by atoms with E-state index >= 15 is 0 Å². The largest absolute Gasteiger partial charge is 0.411 e. The van der Waals surface area contributed by atoms with Crippen LogP contribution in [0.4, 0.5) is 0 Å². The second kappa shape index (κ2) is 10.5. The monoisotopic (exact) mass is 263 g/mol. The fourth-order valence-electron chi connectivity index (χ4n) is 2.29. The van der Waals surface area contributed by atoms with Crippen molar-refractivity contribution in [1.29, 1.82) is 0 Å². The van der Waals surface area contributed by atoms with Crippen molar-refractivity contribution in [2.45, 2.75) is 64.8 Å². The number of unbranched alkanes of at least 4 members (excludes halogenated alkanes) is 7. The van der Waals surface area contributed by atoms with Gasteiger partial charge in [0.25, 0.3) is 0 Å². The van der Waals surface area contributed by atoms with Crippen LogP contribution in [0.5, 0.6) is 0 Å². The van der Waals surface area contributed by atoms with E-state index in [1.54, 1.807) is 0 Å². The van der Waals surface area contributed by atoms with Gasteiger partial charge in [-0.15, -0.1) is 0 Å². The molecule has 1 aromatic rings. The van der Waals surface area contributed by atoms with Gasteiger partial charge in [0.1, 0.15) is 12.8 Å². The molecule has 0 fully saturated rings. The minimum Gasteiger partial charge on any atom is -0.411 e. The Morgan fingerprint density at radius 2 is 1.74 bits per heavy atom. The van der Waals surface area contributed by atoms with E-state index in [0.29, 0.717) is 0 Å². The molecule has 0 radical (unpaired) electrons. The van der Waals surface area contributed by atoms with Gasteiger partial charge in [-0.1, -0.05) is 50.6 Å². The summed E-state index contributed by atoms with van der Waals surface area (Å²) in [4.78, 5) is 0. The number of pyridine rings is 1. The molecule has 19 heavy (non-hydrogen) atoms. The fraction of sp³-hybridized carbons (Fsp3) is 0.625. The zero-order chi connectivity index (χ0) is 13.8. The second-order valence-electron chi connectivity index (χ2n) is 5.04. The molecule has 1 rings (SSSR count). The van der Waals surface area contributed by atoms with Gasteiger partial charge in [0.05, 0.1) is 0 Å². The lowest BCUT2D eigenvalue weighted by atomic mass is 10.1. The van der Waals surface area contributed by atoms with Crippen LogP contribution in [0.1, 0.15) is 64.0 Å². The van der Waals surface area contributed by atoms with Crippen LogP contribution in [0.25, 0.3) is 0 Å². The van der Waals surface area contributed by atoms with E-state index in [1.165, 1.54) is 57.6 Å². The maximum absolute atomic E-state index is 8.61. The third-order valence-corrected chi connectivity index (χ3v) is 3.42. The summed E-state index contributed by atoms with van der Waals surface area (Å²) in [5, 5.41) is 11.7. The predicted molar refractivity (Wildman–Crippen MR) is 78.6 cm³/mol. The van der Waals surface area contributed by atoms with Crippen molar-refractivity contribution in [1.82, 2.24) is 0 Å². The van der Waals surface area contributed by atoms with Crippen LogP contribution in [-0.2, 0) is 6.54 Å². The normalized spacial score (nSPS) is 11.2. The third kappa shape index (κ3) is 6.94. The van der Waals surface area contributed by atoms with Crippen LogP contribution < -0.4 is 4.57 Å². The topological polar surface area (TPSA) is 36.5 Å². The molecule has 0 aliphatic heterocycles. The lowest BCUT2D eigenvalue weighted by molar-refractivity contribution is -0.698. The van der Waals surface area contributed by atoms with Gasteiger partial charge in [-0.2, -0.15) is 4.57 Å². The molecular weight excluding hydrogens is 236 g/mol. The van der Waals surface area contributed by atoms with Crippen molar-refractivity contribution in [2.24, 2.45) is 5.16 Å². The van der Waals surface area contributed by atoms with Gasteiger partial charge in [-0.3, -0.25) is 0 Å². The Balaban J connectivity index is 2.15. The van der Waals surface area contributed by atoms with Gasteiger partial charge in [0.2, 0.25) is 5.69 Å². The molecular formula is C16H27N2O+. The van der Waals surface area contributed by atoms with E-state index in [0.717, 1.165) is 12.2 Å². The molecule has 0 aromatic carbocycles. The Kier molecular flexibility index (Phi) is 8.69. The number of nitrogens with zero attached hydrogens (tertiary/aromatic N) is 2. The summed E-state index contributed by atoms with van der Waals surface area (Å²) in [6.45, 7) is 3.25. The van der Waals surface area contributed by atoms with E-state index in [4.69, 9.17) is 5.21 Å². The van der Waals surface area contributed by atoms with Gasteiger partial charge in [0, 0.05) is 18.6 Å². The highest BCUT2D eigenvalue weighted by molar-refractivity contribution is 5.74. The molecule has 0 atom stereocenters. The maximum atomic E-state index is 8.61. The van der Waals surface area contributed by atoms with Crippen LogP contribution >= 0.6 is 0 Å². The van der Waals surface area contributed by atoms with E-state index in [9.17, 15) is 0 Å². The standard InChI is InChI=1S/C16H26N2O/c1-2-3-4-5-6-7-8-10-13-18-14-11-9-12-16(18)15-17-19/h9,11-12,14-15H,2-8,10,13H2,1H3/p+1. The van der Waals surface area contributed by atoms with Crippen LogP contribution in [0, 0.1) is 0 Å². The van der Waals surface area contributed by atoms with Crippen LogP contribution in [-0.4, -0.2) is 11.4 Å². The van der Waals surface area contributed by atoms with Crippen LogP contribution in [0.3, 0.4) is 0 Å². The Bertz CT molecular complexity index is 364. The number of oxime groups is 1. The fourth-order valence-corrected chi connectivity index (χ4v) is 2.29. The minimum atomic E-state index is 0.952. The zero-order valence-electron chi connectivity index (χ0n) is 12.1. The Morgan fingerprint density at radius 1 is 1.05 bits per heavy atom. The number of rotatable bonds is 10. The second-order valence-corrected chi connectivity index (χ2v) is 5.04. The van der Waals surface area contributed by atoms with Crippen LogP contribution in [0.15, 0.2) is 29.6 Å². The summed E-state index contributed by atoms with van der Waals surface area (Å²) < 4.78 is 2.14. The zero-order valence-corrected chi connectivity index (χ0v) is 12.1. The molecule has 3 heteroatoms. The summed E-state index contributed by atoms with van der Waals surface area (Å²) in [5.74, 6) is 0. The van der Waals surface area contributed by atoms with E-state index in [2.05, 4.69) is 16.6 Å². The Labute approximate surface area is 117 Å². The average Bonchev–Trinajstić information content (AvgIpc) is 2.44. The molecule has 0 unspecified atom stereocenters. The highest BCUT2D eigenvalue weighted by Crippen LogP contribution is 2.08. The molecule has 1 aromatic heterocycles. The molecule has 0 saturated heterocycles. The summed E-state index contributed by atoms with van der Waals surface area (Å²) in [7, 11) is 0. The molecule has 0 spiro atoms. The van der Waals surface area contributed by atoms with Gasteiger partial charge in [-0.05, 0) is 12.5 Å². The summed E-state index contributed by atoms with van der Waals surface area (Å²) in [5.41, 5.74) is 0.952. The van der Waals surface area contributed by atoms with Crippen molar-refractivity contribution in [3.05, 3.63) is 30.1 Å². The molecule has 1 heterocycles. The first kappa shape index (κ1) is 15.7. The lowest BCUT2D eigenvalue weighted by Gasteiger charge is -2.01. The number of aromatic nitrogens is 1. The molecule has 0 bridgehead atoms. The van der Waals surface area contributed by atoms with Gasteiger partial charge in [0.15, 0.2) is 6.20 Å². The first-order chi connectivity index (χ1) is 9.38. The number of aryl methyl sites for hydroxylation is 1. The summed E-state index contributed by atoms with van der Waals surface area (Å²) >= 11 is 0. The number of hydrogen-bond donors (Lipinski definition) is 1. The summed E-state index contributed by atoms with van der Waals surface area (Å²) in [6, 6.07) is 5.94. The SMILES string of the molecule is CCCCCCCCCC[n+]1ccccc1C=NO. The third-order valence-electron chi connectivity index (χ3n) is 3.42. The van der Waals surface area contributed by atoms with Crippen molar-refractivity contribution in [3.63, 3.8) is 0 Å². The van der Waals surface area contributed by atoms with Crippen molar-refractivity contribution < 1.29 is 9.77 Å². The van der Waals surface area contributed by atoms with E-state index < -0.39 is 0 Å². The van der Waals surface area contributed by atoms with E-state index in [-0.39, 0.29) is 0 Å². The van der Waals surface area contributed by atoms with Crippen LogP contribution in [0.2, 0.25) is 0 Å². The lowest BCUT2D eigenvalue weighted by Crippen LogP contribution is -2.37. The van der Waals surface area contributed by atoms with Crippen molar-refractivity contribution in [3.8, 4) is 0 Å². The van der Waals surface area contributed by atoms with Gasteiger partial charge < -0.3 is 5.21 Å². The maximum Gasteiger partial charge on any atom is 0.227 e. The minimum absolute atomic E-state index is 0.952. The molecule has 106 valence electrons. The first-order valence-electron chi connectivity index (χ1n) is 7.54. The Hall–Kier alpha value is -1.38. The smallest absolute Gasteiger partial charge is 0.227 e. The highest BCUT2D eigenvalue weighted by Gasteiger charge is 2.06. The first-order valence-corrected chi connectivity index (χ1v) is 7.54. The summed E-state index contributed by atoms with van der Waals surface area (Å²) in [6.07, 6.45) is 14.2. The molecule has 0 amide bonds. The van der Waals surface area contributed by atoms with Crippen molar-refractivity contribution in [2.75, 3.05) is 0 Å². The van der Waals surface area contributed by atoms with Gasteiger partial charge in [-0.25, -0.2) is 0 Å². The Morgan fingerprint density at radius 3 is 2.42 bits per heavy atom. The molecule has 0 aliphatic carbocycles. The van der Waals surface area contributed by atoms with Gasteiger partial charge >= 0.3 is 0 Å².